The molecule has 20 heavy (non-hydrogen) atoms. The first kappa shape index (κ1) is 14.3. The minimum absolute atomic E-state index is 0.235. The van der Waals surface area contributed by atoms with Gasteiger partial charge < -0.3 is 15.4 Å². The number of ether oxygens (including phenoxy) is 1. The third kappa shape index (κ3) is 2.75. The number of nitrogens with two attached hydrogens (primary N) is 1. The number of rotatable bonds is 4. The normalized spacial score (nSPS) is 12.1. The van der Waals surface area contributed by atoms with Crippen molar-refractivity contribution in [3.63, 3.8) is 0 Å². The molecule has 0 spiro atoms. The number of halogens is 1. The van der Waals surface area contributed by atoms with Crippen LogP contribution in [0.3, 0.4) is 0 Å². The summed E-state index contributed by atoms with van der Waals surface area (Å²) in [6.07, 6.45) is 0. The Balaban J connectivity index is 2.44. The maximum absolute atomic E-state index is 14.2. The number of para-hydroxylation sites is 1. The molecule has 0 aliphatic rings. The first-order valence-corrected chi connectivity index (χ1v) is 6.46. The molecule has 1 atom stereocenters. The number of hydrogen-bond acceptors (Lipinski definition) is 3. The molecule has 0 fully saturated rings. The van der Waals surface area contributed by atoms with Crippen LogP contribution in [0.1, 0.15) is 18.5 Å². The number of methoxy groups -OCH3 is 1. The summed E-state index contributed by atoms with van der Waals surface area (Å²) in [6, 6.07) is 12.2. The third-order valence-electron chi connectivity index (χ3n) is 3.30. The Bertz CT molecular complexity index is 582. The van der Waals surface area contributed by atoms with Crippen molar-refractivity contribution >= 4 is 11.4 Å². The van der Waals surface area contributed by atoms with Crippen LogP contribution in [-0.4, -0.2) is 14.2 Å². The summed E-state index contributed by atoms with van der Waals surface area (Å²) in [5, 5.41) is 0. The summed E-state index contributed by atoms with van der Waals surface area (Å²) >= 11 is 0. The second-order valence-corrected chi connectivity index (χ2v) is 4.72. The Labute approximate surface area is 118 Å². The molecule has 2 rings (SSSR count). The fraction of sp³-hybridized carbons (Fsp3) is 0.250. The summed E-state index contributed by atoms with van der Waals surface area (Å²) < 4.78 is 19.3. The van der Waals surface area contributed by atoms with Gasteiger partial charge in [0.05, 0.1) is 12.8 Å². The highest BCUT2D eigenvalue weighted by molar-refractivity contribution is 5.67. The van der Waals surface area contributed by atoms with Crippen molar-refractivity contribution in [3.05, 3.63) is 53.8 Å². The summed E-state index contributed by atoms with van der Waals surface area (Å²) in [5.41, 5.74) is 8.09. The van der Waals surface area contributed by atoms with Gasteiger partial charge in [0.1, 0.15) is 11.6 Å². The minimum Gasteiger partial charge on any atom is -0.497 e. The van der Waals surface area contributed by atoms with E-state index < -0.39 is 0 Å². The molecule has 0 saturated heterocycles. The lowest BCUT2D eigenvalue weighted by Gasteiger charge is -2.24. The molecule has 0 bridgehead atoms. The Morgan fingerprint density at radius 2 is 1.80 bits per heavy atom. The maximum Gasteiger partial charge on any atom is 0.147 e. The predicted octanol–water partition coefficient (Wildman–Crippen LogP) is 3.62. The zero-order valence-corrected chi connectivity index (χ0v) is 11.9. The molecular weight excluding hydrogens is 255 g/mol. The monoisotopic (exact) mass is 274 g/mol. The summed E-state index contributed by atoms with van der Waals surface area (Å²) in [5.74, 6) is 0.487. The van der Waals surface area contributed by atoms with Crippen molar-refractivity contribution < 1.29 is 9.13 Å². The molecule has 0 unspecified atom stereocenters. The second kappa shape index (κ2) is 5.92. The van der Waals surface area contributed by atoms with E-state index in [2.05, 4.69) is 0 Å². The van der Waals surface area contributed by atoms with Gasteiger partial charge in [0, 0.05) is 18.8 Å². The first-order valence-electron chi connectivity index (χ1n) is 6.46. The Hall–Kier alpha value is -2.07. The summed E-state index contributed by atoms with van der Waals surface area (Å²) in [4.78, 5) is 1.80. The van der Waals surface area contributed by atoms with Crippen LogP contribution in [-0.2, 0) is 0 Å². The first-order chi connectivity index (χ1) is 9.54. The van der Waals surface area contributed by atoms with Gasteiger partial charge in [-0.15, -0.1) is 0 Å². The Morgan fingerprint density at radius 3 is 2.35 bits per heavy atom. The van der Waals surface area contributed by atoms with Gasteiger partial charge in [0.25, 0.3) is 0 Å². The van der Waals surface area contributed by atoms with Crippen molar-refractivity contribution in [2.75, 3.05) is 19.1 Å². The van der Waals surface area contributed by atoms with Gasteiger partial charge in [-0.05, 0) is 42.8 Å². The van der Waals surface area contributed by atoms with Gasteiger partial charge in [-0.3, -0.25) is 0 Å². The average Bonchev–Trinajstić information content (AvgIpc) is 2.46. The molecule has 0 aromatic heterocycles. The van der Waals surface area contributed by atoms with E-state index in [0.29, 0.717) is 5.69 Å². The molecule has 2 aromatic carbocycles. The molecule has 0 aliphatic carbocycles. The van der Waals surface area contributed by atoms with Gasteiger partial charge in [0.2, 0.25) is 0 Å². The van der Waals surface area contributed by atoms with E-state index in [-0.39, 0.29) is 11.9 Å². The number of anilines is 2. The lowest BCUT2D eigenvalue weighted by atomic mass is 10.1. The van der Waals surface area contributed by atoms with E-state index >= 15 is 0 Å². The van der Waals surface area contributed by atoms with Crippen molar-refractivity contribution in [1.29, 1.82) is 0 Å². The molecule has 0 aliphatic heterocycles. The van der Waals surface area contributed by atoms with Crippen LogP contribution in [0.2, 0.25) is 0 Å². The quantitative estimate of drug-likeness (QED) is 0.925. The molecule has 0 amide bonds. The maximum atomic E-state index is 14.2. The molecule has 0 saturated carbocycles. The van der Waals surface area contributed by atoms with E-state index in [4.69, 9.17) is 10.5 Å². The molecule has 2 N–H and O–H groups in total. The van der Waals surface area contributed by atoms with Crippen LogP contribution in [0.15, 0.2) is 42.5 Å². The highest BCUT2D eigenvalue weighted by Gasteiger charge is 2.16. The van der Waals surface area contributed by atoms with Crippen LogP contribution >= 0.6 is 0 Å². The van der Waals surface area contributed by atoms with E-state index in [9.17, 15) is 4.39 Å². The molecule has 0 radical (unpaired) electrons. The smallest absolute Gasteiger partial charge is 0.147 e. The molecule has 4 heteroatoms. The molecule has 2 aromatic rings. The van der Waals surface area contributed by atoms with Crippen LogP contribution in [0.5, 0.6) is 5.75 Å². The van der Waals surface area contributed by atoms with Crippen molar-refractivity contribution in [2.24, 2.45) is 5.73 Å². The fourth-order valence-electron chi connectivity index (χ4n) is 2.19. The zero-order chi connectivity index (χ0) is 14.7. The number of hydrogen-bond donors (Lipinski definition) is 1. The van der Waals surface area contributed by atoms with E-state index in [1.165, 1.54) is 6.07 Å². The highest BCUT2D eigenvalue weighted by Crippen LogP contribution is 2.33. The van der Waals surface area contributed by atoms with Crippen LogP contribution in [0.4, 0.5) is 15.8 Å². The SMILES string of the molecule is COc1ccc(N(C)c2c(F)cccc2[C@H](C)N)cc1. The highest BCUT2D eigenvalue weighted by atomic mass is 19.1. The van der Waals surface area contributed by atoms with E-state index in [1.807, 2.05) is 44.3 Å². The number of benzene rings is 2. The van der Waals surface area contributed by atoms with Crippen molar-refractivity contribution in [3.8, 4) is 5.75 Å². The van der Waals surface area contributed by atoms with Crippen molar-refractivity contribution in [1.82, 2.24) is 0 Å². The van der Waals surface area contributed by atoms with Crippen LogP contribution in [0, 0.1) is 5.82 Å². The third-order valence-corrected chi connectivity index (χ3v) is 3.30. The standard InChI is InChI=1S/C16H19FN2O/c1-11(18)14-5-4-6-15(17)16(14)19(2)12-7-9-13(20-3)10-8-12/h4-11H,18H2,1-3H3/t11-/m0/s1. The largest absolute Gasteiger partial charge is 0.497 e. The molecule has 106 valence electrons. The predicted molar refractivity (Wildman–Crippen MR) is 80.1 cm³/mol. The van der Waals surface area contributed by atoms with Gasteiger partial charge in [-0.1, -0.05) is 12.1 Å². The van der Waals surface area contributed by atoms with Gasteiger partial charge >= 0.3 is 0 Å². The second-order valence-electron chi connectivity index (χ2n) is 4.72. The van der Waals surface area contributed by atoms with Crippen molar-refractivity contribution in [2.45, 2.75) is 13.0 Å². The van der Waals surface area contributed by atoms with E-state index in [0.717, 1.165) is 17.0 Å². The van der Waals surface area contributed by atoms with E-state index in [1.54, 1.807) is 18.1 Å². The Morgan fingerprint density at radius 1 is 1.15 bits per heavy atom. The van der Waals surface area contributed by atoms with Crippen LogP contribution < -0.4 is 15.4 Å². The molecule has 0 heterocycles. The zero-order valence-electron chi connectivity index (χ0n) is 11.9. The van der Waals surface area contributed by atoms with Crippen LogP contribution in [0.25, 0.3) is 0 Å². The minimum atomic E-state index is -0.280. The van der Waals surface area contributed by atoms with Gasteiger partial charge in [-0.25, -0.2) is 4.39 Å². The topological polar surface area (TPSA) is 38.5 Å². The molecular formula is C16H19FN2O. The lowest BCUT2D eigenvalue weighted by molar-refractivity contribution is 0.415. The summed E-state index contributed by atoms with van der Waals surface area (Å²) in [6.45, 7) is 1.85. The average molecular weight is 274 g/mol. The number of nitrogens with zero attached hydrogens (tertiary/aromatic N) is 1. The van der Waals surface area contributed by atoms with Gasteiger partial charge in [0.15, 0.2) is 0 Å². The summed E-state index contributed by atoms with van der Waals surface area (Å²) in [7, 11) is 3.44. The lowest BCUT2D eigenvalue weighted by Crippen LogP contribution is -2.17. The van der Waals surface area contributed by atoms with Gasteiger partial charge in [-0.2, -0.15) is 0 Å². The molecule has 3 nitrogen and oxygen atoms in total. The fourth-order valence-corrected chi connectivity index (χ4v) is 2.19. The Kier molecular flexibility index (Phi) is 4.25.